The number of amides is 2. The topological polar surface area (TPSA) is 93.2 Å². The predicted octanol–water partition coefficient (Wildman–Crippen LogP) is 3.98. The number of rotatable bonds is 10. The van der Waals surface area contributed by atoms with Crippen LogP contribution < -0.4 is 0 Å². The highest BCUT2D eigenvalue weighted by Gasteiger charge is 2.31. The Balaban J connectivity index is 2.40. The first kappa shape index (κ1) is 26.7. The summed E-state index contributed by atoms with van der Waals surface area (Å²) in [6.45, 7) is 6.19. The number of carbonyl (C=O) groups is 4. The molecular formula is C23H38N2O6. The Morgan fingerprint density at radius 2 is 1.74 bits per heavy atom. The van der Waals surface area contributed by atoms with Gasteiger partial charge in [0.2, 0.25) is 0 Å². The van der Waals surface area contributed by atoms with Crippen molar-refractivity contribution in [1.82, 2.24) is 9.80 Å². The zero-order valence-corrected chi connectivity index (χ0v) is 19.6. The molecule has 0 aliphatic heterocycles. The summed E-state index contributed by atoms with van der Waals surface area (Å²) in [6.07, 6.45) is 6.91. The van der Waals surface area contributed by atoms with Gasteiger partial charge in [0.05, 0.1) is 6.61 Å². The molecule has 0 radical (unpaired) electrons. The largest absolute Gasteiger partial charge is 0.449 e. The molecule has 0 fully saturated rings. The lowest BCUT2D eigenvalue weighted by Crippen LogP contribution is -2.39. The molecule has 0 spiro atoms. The highest BCUT2D eigenvalue weighted by atomic mass is 16.6. The van der Waals surface area contributed by atoms with Crippen molar-refractivity contribution >= 4 is 23.8 Å². The van der Waals surface area contributed by atoms with E-state index in [2.05, 4.69) is 0 Å². The van der Waals surface area contributed by atoms with Gasteiger partial charge in [-0.2, -0.15) is 0 Å². The lowest BCUT2D eigenvalue weighted by molar-refractivity contribution is -0.128. The van der Waals surface area contributed by atoms with E-state index in [0.717, 1.165) is 12.8 Å². The van der Waals surface area contributed by atoms with Gasteiger partial charge in [-0.25, -0.2) is 9.59 Å². The third-order valence-electron chi connectivity index (χ3n) is 5.68. The molecule has 0 heterocycles. The van der Waals surface area contributed by atoms with Crippen LogP contribution in [0.15, 0.2) is 12.2 Å². The number of likely N-dealkylation sites (N-methyl/N-ethyl adjacent to an activating group) is 2. The Labute approximate surface area is 185 Å². The van der Waals surface area contributed by atoms with E-state index in [9.17, 15) is 19.2 Å². The number of ketones is 2. The van der Waals surface area contributed by atoms with Gasteiger partial charge in [-0.3, -0.25) is 4.79 Å². The van der Waals surface area contributed by atoms with E-state index in [0.29, 0.717) is 45.2 Å². The Morgan fingerprint density at radius 3 is 2.35 bits per heavy atom. The van der Waals surface area contributed by atoms with Crippen molar-refractivity contribution in [1.29, 1.82) is 0 Å². The van der Waals surface area contributed by atoms with Gasteiger partial charge in [-0.1, -0.05) is 19.9 Å². The Morgan fingerprint density at radius 1 is 1.10 bits per heavy atom. The number of hydrogen-bond donors (Lipinski definition) is 0. The fourth-order valence-electron chi connectivity index (χ4n) is 3.44. The molecule has 0 aromatic rings. The zero-order chi connectivity index (χ0) is 23.4. The number of nitrogens with zero attached hydrogens (tertiary/aromatic N) is 2. The second-order valence-electron chi connectivity index (χ2n) is 8.55. The van der Waals surface area contributed by atoms with Crippen LogP contribution in [-0.2, 0) is 19.1 Å². The molecule has 0 N–H and O–H groups in total. The van der Waals surface area contributed by atoms with Crippen LogP contribution in [0.2, 0.25) is 0 Å². The molecule has 176 valence electrons. The SMILES string of the molecule is CCC(=O)C1(C)C/C=C/C(OC(=O)N(C)CCN(C)C(=O)OCCCC(C)=O)CCC1. The maximum atomic E-state index is 12.4. The second kappa shape index (κ2) is 13.1. The fourth-order valence-corrected chi connectivity index (χ4v) is 3.44. The van der Waals surface area contributed by atoms with Gasteiger partial charge in [0.15, 0.2) is 0 Å². The third-order valence-corrected chi connectivity index (χ3v) is 5.68. The van der Waals surface area contributed by atoms with Crippen LogP contribution >= 0.6 is 0 Å². The second-order valence-corrected chi connectivity index (χ2v) is 8.55. The van der Waals surface area contributed by atoms with Crippen molar-refractivity contribution in [3.8, 4) is 0 Å². The van der Waals surface area contributed by atoms with Gasteiger partial charge in [0.1, 0.15) is 17.7 Å². The first-order chi connectivity index (χ1) is 14.6. The first-order valence-corrected chi connectivity index (χ1v) is 11.1. The zero-order valence-electron chi connectivity index (χ0n) is 19.6. The van der Waals surface area contributed by atoms with Crippen molar-refractivity contribution in [2.75, 3.05) is 33.8 Å². The van der Waals surface area contributed by atoms with Crippen LogP contribution in [0.1, 0.15) is 65.7 Å². The quantitative estimate of drug-likeness (QED) is 0.378. The summed E-state index contributed by atoms with van der Waals surface area (Å²) in [7, 11) is 3.22. The van der Waals surface area contributed by atoms with Gasteiger partial charge >= 0.3 is 12.2 Å². The van der Waals surface area contributed by atoms with Gasteiger partial charge in [0, 0.05) is 45.4 Å². The van der Waals surface area contributed by atoms with Crippen molar-refractivity contribution in [3.05, 3.63) is 12.2 Å². The summed E-state index contributed by atoms with van der Waals surface area (Å²) in [5.41, 5.74) is -0.331. The van der Waals surface area contributed by atoms with Crippen molar-refractivity contribution in [2.45, 2.75) is 71.8 Å². The van der Waals surface area contributed by atoms with Crippen LogP contribution in [0, 0.1) is 5.41 Å². The summed E-state index contributed by atoms with van der Waals surface area (Å²) in [4.78, 5) is 50.2. The minimum Gasteiger partial charge on any atom is -0.449 e. The molecule has 8 nitrogen and oxygen atoms in total. The molecule has 0 aromatic carbocycles. The summed E-state index contributed by atoms with van der Waals surface area (Å²) < 4.78 is 10.7. The molecule has 31 heavy (non-hydrogen) atoms. The number of ether oxygens (including phenoxy) is 2. The number of allylic oxidation sites excluding steroid dienone is 1. The van der Waals surface area contributed by atoms with E-state index < -0.39 is 12.2 Å². The van der Waals surface area contributed by atoms with Crippen molar-refractivity contribution in [3.63, 3.8) is 0 Å². The molecule has 1 rings (SSSR count). The predicted molar refractivity (Wildman–Crippen MR) is 118 cm³/mol. The van der Waals surface area contributed by atoms with Crippen molar-refractivity contribution < 1.29 is 28.7 Å². The molecule has 2 amide bonds. The average molecular weight is 439 g/mol. The van der Waals surface area contributed by atoms with Crippen LogP contribution in [0.4, 0.5) is 9.59 Å². The summed E-state index contributed by atoms with van der Waals surface area (Å²) in [6, 6.07) is 0. The number of Topliss-reactive ketones (excluding diaryl/α,β-unsaturated/α-hetero) is 2. The van der Waals surface area contributed by atoms with E-state index in [4.69, 9.17) is 9.47 Å². The standard InChI is InChI=1S/C23H38N2O6/c1-6-20(27)23(3)13-7-11-19(12-8-14-23)31-22(29)25(5)16-15-24(4)21(28)30-17-9-10-18(2)26/h7,11,19H,6,8-10,12-17H2,1-5H3/b11-7+. The van der Waals surface area contributed by atoms with Crippen LogP contribution in [0.3, 0.4) is 0 Å². The van der Waals surface area contributed by atoms with Gasteiger partial charge in [-0.05, 0) is 45.1 Å². The molecule has 0 aromatic heterocycles. The number of carbonyl (C=O) groups excluding carboxylic acids is 4. The molecule has 0 saturated heterocycles. The van der Waals surface area contributed by atoms with E-state index in [-0.39, 0.29) is 29.7 Å². The molecule has 0 bridgehead atoms. The Bertz CT molecular complexity index is 662. The highest BCUT2D eigenvalue weighted by molar-refractivity contribution is 5.84. The van der Waals surface area contributed by atoms with Gasteiger partial charge in [-0.15, -0.1) is 0 Å². The van der Waals surface area contributed by atoms with E-state index in [1.54, 1.807) is 14.1 Å². The smallest absolute Gasteiger partial charge is 0.410 e. The lowest BCUT2D eigenvalue weighted by atomic mass is 9.75. The monoisotopic (exact) mass is 438 g/mol. The molecular weight excluding hydrogens is 400 g/mol. The van der Waals surface area contributed by atoms with Crippen molar-refractivity contribution in [2.24, 2.45) is 5.41 Å². The molecule has 1 aliphatic carbocycles. The summed E-state index contributed by atoms with van der Waals surface area (Å²) in [5.74, 6) is 0.334. The van der Waals surface area contributed by atoms with Crippen LogP contribution in [0.25, 0.3) is 0 Å². The van der Waals surface area contributed by atoms with Gasteiger partial charge in [0.25, 0.3) is 0 Å². The summed E-state index contributed by atoms with van der Waals surface area (Å²) >= 11 is 0. The highest BCUT2D eigenvalue weighted by Crippen LogP contribution is 2.33. The normalized spacial score (nSPS) is 21.9. The first-order valence-electron chi connectivity index (χ1n) is 11.1. The fraction of sp³-hybridized carbons (Fsp3) is 0.739. The Hall–Kier alpha value is -2.38. The van der Waals surface area contributed by atoms with E-state index in [1.807, 2.05) is 26.0 Å². The molecule has 2 atom stereocenters. The molecule has 8 heteroatoms. The van der Waals surface area contributed by atoms with Gasteiger partial charge < -0.3 is 24.1 Å². The van der Waals surface area contributed by atoms with E-state index >= 15 is 0 Å². The van der Waals surface area contributed by atoms with Crippen LogP contribution in [-0.4, -0.2) is 73.4 Å². The lowest BCUT2D eigenvalue weighted by Gasteiger charge is -2.29. The molecule has 0 saturated carbocycles. The number of hydrogen-bond acceptors (Lipinski definition) is 6. The maximum Gasteiger partial charge on any atom is 0.410 e. The molecule has 2 unspecified atom stereocenters. The minimum absolute atomic E-state index is 0.0622. The minimum atomic E-state index is -0.488. The van der Waals surface area contributed by atoms with Crippen LogP contribution in [0.5, 0.6) is 0 Å². The average Bonchev–Trinajstić information content (AvgIpc) is 2.71. The van der Waals surface area contributed by atoms with E-state index in [1.165, 1.54) is 16.7 Å². The third kappa shape index (κ3) is 9.53. The Kier molecular flexibility index (Phi) is 11.3. The maximum absolute atomic E-state index is 12.4. The summed E-state index contributed by atoms with van der Waals surface area (Å²) in [5, 5.41) is 0. The molecule has 1 aliphatic rings.